The zero-order chi connectivity index (χ0) is 18.9. The lowest BCUT2D eigenvalue weighted by molar-refractivity contribution is 0.0599. The van der Waals surface area contributed by atoms with E-state index in [9.17, 15) is 4.79 Å². The molecule has 0 bridgehead atoms. The Kier molecular flexibility index (Phi) is 4.64. The lowest BCUT2D eigenvalue weighted by Crippen LogP contribution is -2.39. The molecule has 2 aromatic heterocycles. The van der Waals surface area contributed by atoms with Gasteiger partial charge >= 0.3 is 0 Å². The maximum absolute atomic E-state index is 13.3. The molecule has 2 N–H and O–H groups in total. The fourth-order valence-corrected chi connectivity index (χ4v) is 4.64. The van der Waals surface area contributed by atoms with Crippen LogP contribution in [0.2, 0.25) is 0 Å². The van der Waals surface area contributed by atoms with Gasteiger partial charge in [0.15, 0.2) is 0 Å². The van der Waals surface area contributed by atoms with Crippen molar-refractivity contribution in [2.45, 2.75) is 44.2 Å². The third-order valence-corrected chi connectivity index (χ3v) is 6.15. The van der Waals surface area contributed by atoms with Crippen molar-refractivity contribution >= 4 is 16.8 Å². The Morgan fingerprint density at radius 2 is 2.04 bits per heavy atom. The van der Waals surface area contributed by atoms with Crippen molar-refractivity contribution in [2.24, 2.45) is 0 Å². The fourth-order valence-electron chi connectivity index (χ4n) is 4.64. The number of para-hydroxylation sites is 1. The van der Waals surface area contributed by atoms with Gasteiger partial charge in [-0.3, -0.25) is 9.48 Å². The summed E-state index contributed by atoms with van der Waals surface area (Å²) in [6.07, 6.45) is 7.42. The van der Waals surface area contributed by atoms with Crippen LogP contribution in [-0.2, 0) is 0 Å². The van der Waals surface area contributed by atoms with Gasteiger partial charge in [0.1, 0.15) is 5.69 Å². The van der Waals surface area contributed by atoms with Crippen LogP contribution in [0.4, 0.5) is 0 Å². The summed E-state index contributed by atoms with van der Waals surface area (Å²) in [5, 5.41) is 9.27. The summed E-state index contributed by atoms with van der Waals surface area (Å²) < 4.78 is 1.97. The molecule has 0 radical (unpaired) electrons. The number of carbonyl (C=O) groups is 1. The van der Waals surface area contributed by atoms with Crippen LogP contribution in [0, 0.1) is 0 Å². The van der Waals surface area contributed by atoms with Crippen molar-refractivity contribution in [2.75, 3.05) is 19.6 Å². The predicted molar refractivity (Wildman–Crippen MR) is 109 cm³/mol. The molecule has 146 valence electrons. The number of likely N-dealkylation sites (tertiary alicyclic amines) is 1. The van der Waals surface area contributed by atoms with E-state index >= 15 is 0 Å². The number of piperidine rings is 2. The number of H-pyrrole nitrogens is 1. The summed E-state index contributed by atoms with van der Waals surface area (Å²) in [4.78, 5) is 18.9. The number of aromatic nitrogens is 3. The van der Waals surface area contributed by atoms with Gasteiger partial charge in [-0.05, 0) is 62.2 Å². The molecule has 2 aliphatic rings. The number of nitrogens with one attached hydrogen (secondary N) is 2. The molecular weight excluding hydrogens is 350 g/mol. The van der Waals surface area contributed by atoms with Crippen molar-refractivity contribution < 1.29 is 4.79 Å². The van der Waals surface area contributed by atoms with Crippen molar-refractivity contribution in [1.29, 1.82) is 0 Å². The van der Waals surface area contributed by atoms with Crippen LogP contribution in [0.5, 0.6) is 0 Å². The molecule has 4 heterocycles. The number of nitrogens with zero attached hydrogens (tertiary/aromatic N) is 3. The molecule has 28 heavy (non-hydrogen) atoms. The van der Waals surface area contributed by atoms with Gasteiger partial charge in [-0.2, -0.15) is 5.10 Å². The number of carbonyl (C=O) groups excluding carboxylic acids is 1. The number of fused-ring (bicyclic) bond motifs is 1. The Morgan fingerprint density at radius 3 is 2.89 bits per heavy atom. The molecule has 6 nitrogen and oxygen atoms in total. The third-order valence-electron chi connectivity index (χ3n) is 6.15. The first-order valence-corrected chi connectivity index (χ1v) is 10.4. The molecule has 3 aromatic rings. The van der Waals surface area contributed by atoms with Gasteiger partial charge in [0.25, 0.3) is 5.91 Å². The number of hydrogen-bond acceptors (Lipinski definition) is 3. The summed E-state index contributed by atoms with van der Waals surface area (Å²) in [6, 6.07) is 12.8. The quantitative estimate of drug-likeness (QED) is 0.732. The zero-order valence-electron chi connectivity index (χ0n) is 16.1. The van der Waals surface area contributed by atoms with Gasteiger partial charge in [-0.25, -0.2) is 0 Å². The lowest BCUT2D eigenvalue weighted by Gasteiger charge is -2.35. The number of rotatable bonds is 3. The van der Waals surface area contributed by atoms with Crippen LogP contribution < -0.4 is 5.32 Å². The van der Waals surface area contributed by atoms with Crippen molar-refractivity contribution in [1.82, 2.24) is 25.0 Å². The Bertz CT molecular complexity index is 935. The molecule has 1 aromatic carbocycles. The Hall–Kier alpha value is -2.60. The van der Waals surface area contributed by atoms with Crippen LogP contribution in [-0.4, -0.2) is 45.2 Å². The first-order chi connectivity index (χ1) is 13.8. The van der Waals surface area contributed by atoms with Crippen LogP contribution >= 0.6 is 0 Å². The van der Waals surface area contributed by atoms with E-state index in [4.69, 9.17) is 0 Å². The molecular formula is C22H27N5O. The Morgan fingerprint density at radius 1 is 1.11 bits per heavy atom. The monoisotopic (exact) mass is 377 g/mol. The van der Waals surface area contributed by atoms with Gasteiger partial charge in [-0.1, -0.05) is 18.2 Å². The minimum Gasteiger partial charge on any atom is -0.357 e. The topological polar surface area (TPSA) is 66.0 Å². The average Bonchev–Trinajstić information content (AvgIpc) is 3.41. The second kappa shape index (κ2) is 7.43. The first kappa shape index (κ1) is 17.5. The van der Waals surface area contributed by atoms with Crippen LogP contribution in [0.1, 0.15) is 60.4 Å². The molecule has 0 spiro atoms. The largest absolute Gasteiger partial charge is 0.357 e. The van der Waals surface area contributed by atoms with Gasteiger partial charge < -0.3 is 15.2 Å². The highest BCUT2D eigenvalue weighted by atomic mass is 16.2. The van der Waals surface area contributed by atoms with E-state index in [1.54, 1.807) is 0 Å². The predicted octanol–water partition coefficient (Wildman–Crippen LogP) is 3.66. The highest BCUT2D eigenvalue weighted by Gasteiger charge is 2.31. The van der Waals surface area contributed by atoms with Crippen molar-refractivity contribution in [3.8, 4) is 0 Å². The highest BCUT2D eigenvalue weighted by molar-refractivity contribution is 5.92. The molecule has 2 fully saturated rings. The molecule has 5 rings (SSSR count). The van der Waals surface area contributed by atoms with Crippen molar-refractivity contribution in [3.05, 3.63) is 54.0 Å². The summed E-state index contributed by atoms with van der Waals surface area (Å²) >= 11 is 0. The van der Waals surface area contributed by atoms with E-state index in [-0.39, 0.29) is 11.9 Å². The Balaban J connectivity index is 1.40. The van der Waals surface area contributed by atoms with E-state index in [0.29, 0.717) is 11.7 Å². The SMILES string of the molecule is O=C(c1ccn(C2CCCNC2)n1)N1CCCCC1c1cc2ccccc2[nH]1. The van der Waals surface area contributed by atoms with Gasteiger partial charge in [-0.15, -0.1) is 0 Å². The third kappa shape index (κ3) is 3.22. The minimum atomic E-state index is 0.0471. The van der Waals surface area contributed by atoms with Gasteiger partial charge in [0.2, 0.25) is 0 Å². The first-order valence-electron chi connectivity index (χ1n) is 10.4. The van der Waals surface area contributed by atoms with Crippen molar-refractivity contribution in [3.63, 3.8) is 0 Å². The van der Waals surface area contributed by atoms with Crippen LogP contribution in [0.25, 0.3) is 10.9 Å². The highest BCUT2D eigenvalue weighted by Crippen LogP contribution is 2.33. The minimum absolute atomic E-state index is 0.0471. The van der Waals surface area contributed by atoms with Crippen LogP contribution in [0.15, 0.2) is 42.6 Å². The molecule has 2 unspecified atom stereocenters. The normalized spacial score (nSPS) is 23.2. The van der Waals surface area contributed by atoms with E-state index in [1.165, 1.54) is 5.39 Å². The van der Waals surface area contributed by atoms with E-state index in [0.717, 1.165) is 62.9 Å². The molecule has 6 heteroatoms. The maximum Gasteiger partial charge on any atom is 0.274 e. The molecule has 0 aliphatic carbocycles. The average molecular weight is 377 g/mol. The van der Waals surface area contributed by atoms with Gasteiger partial charge in [0, 0.05) is 30.5 Å². The molecule has 0 saturated carbocycles. The smallest absolute Gasteiger partial charge is 0.274 e. The molecule has 2 saturated heterocycles. The fraction of sp³-hybridized carbons (Fsp3) is 0.455. The number of hydrogen-bond donors (Lipinski definition) is 2. The molecule has 2 atom stereocenters. The summed E-state index contributed by atoms with van der Waals surface area (Å²) in [7, 11) is 0. The Labute approximate surface area is 164 Å². The zero-order valence-corrected chi connectivity index (χ0v) is 16.1. The number of amides is 1. The second-order valence-electron chi connectivity index (χ2n) is 8.00. The summed E-state index contributed by atoms with van der Waals surface area (Å²) in [6.45, 7) is 2.79. The second-order valence-corrected chi connectivity index (χ2v) is 8.00. The van der Waals surface area contributed by atoms with Gasteiger partial charge in [0.05, 0.1) is 12.1 Å². The molecule has 1 amide bonds. The standard InChI is InChI=1S/C22H27N5O/c28-22(19-10-13-27(25-19)17-7-5-11-23-15-17)26-12-4-3-9-21(26)20-14-16-6-1-2-8-18(16)24-20/h1-2,6,8,10,13-14,17,21,23-24H,3-5,7,9,11-12,15H2. The summed E-state index contributed by atoms with van der Waals surface area (Å²) in [5.74, 6) is 0.0471. The molecule has 2 aliphatic heterocycles. The van der Waals surface area contributed by atoms with E-state index < -0.39 is 0 Å². The maximum atomic E-state index is 13.3. The number of aromatic amines is 1. The van der Waals surface area contributed by atoms with Crippen LogP contribution in [0.3, 0.4) is 0 Å². The summed E-state index contributed by atoms with van der Waals surface area (Å²) in [5.41, 5.74) is 2.82. The number of benzene rings is 1. The van der Waals surface area contributed by atoms with E-state index in [2.05, 4.69) is 39.7 Å². The van der Waals surface area contributed by atoms with E-state index in [1.807, 2.05) is 27.9 Å². The lowest BCUT2D eigenvalue weighted by atomic mass is 9.99.